The lowest BCUT2D eigenvalue weighted by Gasteiger charge is -2.04. The van der Waals surface area contributed by atoms with Gasteiger partial charge in [-0.1, -0.05) is 0 Å². The molecule has 4 heteroatoms. The van der Waals surface area contributed by atoms with Crippen LogP contribution in [0.3, 0.4) is 0 Å². The van der Waals surface area contributed by atoms with Crippen molar-refractivity contribution in [3.8, 4) is 11.6 Å². The molecule has 0 unspecified atom stereocenters. The number of hydrogen-bond acceptors (Lipinski definition) is 4. The third-order valence-corrected chi connectivity index (χ3v) is 2.13. The van der Waals surface area contributed by atoms with E-state index in [0.717, 1.165) is 12.8 Å². The number of rotatable bonds is 4. The SMILES string of the molecule is O=C(COc1ncccc1O)C1CC1. The summed E-state index contributed by atoms with van der Waals surface area (Å²) in [6, 6.07) is 3.08. The largest absolute Gasteiger partial charge is 0.503 e. The first-order valence-corrected chi connectivity index (χ1v) is 4.57. The van der Waals surface area contributed by atoms with Crippen LogP contribution in [0.15, 0.2) is 18.3 Å². The van der Waals surface area contributed by atoms with E-state index in [1.165, 1.54) is 12.3 Å². The van der Waals surface area contributed by atoms with E-state index in [1.54, 1.807) is 6.07 Å². The van der Waals surface area contributed by atoms with Gasteiger partial charge in [0, 0.05) is 12.1 Å². The second-order valence-electron chi connectivity index (χ2n) is 3.36. The van der Waals surface area contributed by atoms with Gasteiger partial charge in [0.05, 0.1) is 0 Å². The molecule has 0 bridgehead atoms. The molecule has 1 heterocycles. The molecular weight excluding hydrogens is 182 g/mol. The molecule has 0 spiro atoms. The third-order valence-electron chi connectivity index (χ3n) is 2.13. The Hall–Kier alpha value is -1.58. The Kier molecular flexibility index (Phi) is 2.35. The van der Waals surface area contributed by atoms with Crippen LogP contribution in [0.5, 0.6) is 11.6 Å². The van der Waals surface area contributed by atoms with Crippen molar-refractivity contribution in [2.45, 2.75) is 12.8 Å². The van der Waals surface area contributed by atoms with Crippen molar-refractivity contribution < 1.29 is 14.6 Å². The molecule has 1 fully saturated rings. The molecule has 0 aromatic carbocycles. The van der Waals surface area contributed by atoms with Crippen molar-refractivity contribution in [3.63, 3.8) is 0 Å². The van der Waals surface area contributed by atoms with Gasteiger partial charge in [-0.15, -0.1) is 0 Å². The second-order valence-corrected chi connectivity index (χ2v) is 3.36. The zero-order valence-corrected chi connectivity index (χ0v) is 7.64. The monoisotopic (exact) mass is 193 g/mol. The summed E-state index contributed by atoms with van der Waals surface area (Å²) in [5, 5.41) is 9.28. The average molecular weight is 193 g/mol. The molecule has 4 nitrogen and oxygen atoms in total. The van der Waals surface area contributed by atoms with Crippen molar-refractivity contribution in [3.05, 3.63) is 18.3 Å². The molecule has 1 aromatic heterocycles. The topological polar surface area (TPSA) is 59.4 Å². The van der Waals surface area contributed by atoms with Crippen LogP contribution in [-0.2, 0) is 4.79 Å². The minimum atomic E-state index is -0.0314. The fraction of sp³-hybridized carbons (Fsp3) is 0.400. The van der Waals surface area contributed by atoms with E-state index in [2.05, 4.69) is 4.98 Å². The van der Waals surface area contributed by atoms with Gasteiger partial charge >= 0.3 is 0 Å². The van der Waals surface area contributed by atoms with Crippen LogP contribution in [0.25, 0.3) is 0 Å². The van der Waals surface area contributed by atoms with Crippen molar-refractivity contribution in [1.29, 1.82) is 0 Å². The van der Waals surface area contributed by atoms with Gasteiger partial charge in [0.15, 0.2) is 11.5 Å². The van der Waals surface area contributed by atoms with Crippen LogP contribution < -0.4 is 4.74 Å². The third kappa shape index (κ3) is 2.02. The minimum absolute atomic E-state index is 0.00917. The Morgan fingerprint density at radius 3 is 3.07 bits per heavy atom. The molecule has 2 rings (SSSR count). The molecule has 1 N–H and O–H groups in total. The predicted molar refractivity (Wildman–Crippen MR) is 49.1 cm³/mol. The van der Waals surface area contributed by atoms with Crippen molar-refractivity contribution in [1.82, 2.24) is 4.98 Å². The summed E-state index contributed by atoms with van der Waals surface area (Å²) in [6.07, 6.45) is 3.45. The van der Waals surface area contributed by atoms with Gasteiger partial charge in [0.1, 0.15) is 6.61 Å². The van der Waals surface area contributed by atoms with E-state index >= 15 is 0 Å². The first-order valence-electron chi connectivity index (χ1n) is 4.57. The minimum Gasteiger partial charge on any atom is -0.503 e. The smallest absolute Gasteiger partial charge is 0.257 e. The summed E-state index contributed by atoms with van der Waals surface area (Å²) in [6.45, 7) is 0.00917. The molecule has 1 aromatic rings. The summed E-state index contributed by atoms with van der Waals surface area (Å²) >= 11 is 0. The number of ketones is 1. The highest BCUT2D eigenvalue weighted by atomic mass is 16.5. The Morgan fingerprint density at radius 1 is 1.64 bits per heavy atom. The average Bonchev–Trinajstić information content (AvgIpc) is 2.99. The van der Waals surface area contributed by atoms with E-state index in [4.69, 9.17) is 4.74 Å². The molecule has 0 atom stereocenters. The van der Waals surface area contributed by atoms with Crippen LogP contribution in [0.4, 0.5) is 0 Å². The van der Waals surface area contributed by atoms with Crippen molar-refractivity contribution in [2.75, 3.05) is 6.61 Å². The molecule has 0 amide bonds. The highest BCUT2D eigenvalue weighted by Crippen LogP contribution is 2.30. The predicted octanol–water partition coefficient (Wildman–Crippen LogP) is 1.15. The highest BCUT2D eigenvalue weighted by Gasteiger charge is 2.29. The van der Waals surface area contributed by atoms with Gasteiger partial charge in [-0.05, 0) is 25.0 Å². The summed E-state index contributed by atoms with van der Waals surface area (Å²) in [5.74, 6) is 0.369. The molecule has 0 radical (unpaired) electrons. The number of aromatic nitrogens is 1. The van der Waals surface area contributed by atoms with Gasteiger partial charge in [0.25, 0.3) is 5.88 Å². The number of pyridine rings is 1. The first kappa shape index (κ1) is 8.99. The van der Waals surface area contributed by atoms with Crippen LogP contribution in [0, 0.1) is 5.92 Å². The van der Waals surface area contributed by atoms with Crippen molar-refractivity contribution in [2.24, 2.45) is 5.92 Å². The number of carbonyl (C=O) groups excluding carboxylic acids is 1. The maximum absolute atomic E-state index is 11.3. The van der Waals surface area contributed by atoms with Crippen LogP contribution in [0.1, 0.15) is 12.8 Å². The first-order chi connectivity index (χ1) is 6.77. The lowest BCUT2D eigenvalue weighted by molar-refractivity contribution is -0.122. The van der Waals surface area contributed by atoms with Gasteiger partial charge in [-0.25, -0.2) is 4.98 Å². The molecular formula is C10H11NO3. The molecule has 1 aliphatic carbocycles. The molecule has 0 saturated heterocycles. The van der Waals surface area contributed by atoms with E-state index < -0.39 is 0 Å². The number of Topliss-reactive ketones (excluding diaryl/α,β-unsaturated/α-hetero) is 1. The molecule has 1 saturated carbocycles. The standard InChI is InChI=1S/C10H11NO3/c12-8-2-1-5-11-10(8)14-6-9(13)7-3-4-7/h1-2,5,7,12H,3-4,6H2. The van der Waals surface area contributed by atoms with Crippen LogP contribution in [-0.4, -0.2) is 22.5 Å². The van der Waals surface area contributed by atoms with E-state index in [9.17, 15) is 9.90 Å². The fourth-order valence-electron chi connectivity index (χ4n) is 1.16. The number of aromatic hydroxyl groups is 1. The number of ether oxygens (including phenoxy) is 1. The Balaban J connectivity index is 1.91. The quantitative estimate of drug-likeness (QED) is 0.779. The fourth-order valence-corrected chi connectivity index (χ4v) is 1.16. The van der Waals surface area contributed by atoms with E-state index in [0.29, 0.717) is 0 Å². The van der Waals surface area contributed by atoms with Gasteiger partial charge in [0.2, 0.25) is 0 Å². The zero-order valence-electron chi connectivity index (χ0n) is 7.64. The van der Waals surface area contributed by atoms with Crippen molar-refractivity contribution >= 4 is 5.78 Å². The molecule has 0 aliphatic heterocycles. The van der Waals surface area contributed by atoms with Crippen LogP contribution >= 0.6 is 0 Å². The van der Waals surface area contributed by atoms with E-state index in [-0.39, 0.29) is 29.9 Å². The summed E-state index contributed by atoms with van der Waals surface area (Å²) in [4.78, 5) is 15.1. The summed E-state index contributed by atoms with van der Waals surface area (Å²) in [7, 11) is 0. The Labute approximate surface area is 81.5 Å². The highest BCUT2D eigenvalue weighted by molar-refractivity contribution is 5.84. The molecule has 14 heavy (non-hydrogen) atoms. The maximum atomic E-state index is 11.3. The summed E-state index contributed by atoms with van der Waals surface area (Å²) in [5.41, 5.74) is 0. The lowest BCUT2D eigenvalue weighted by Crippen LogP contribution is -2.13. The lowest BCUT2D eigenvalue weighted by atomic mass is 10.3. The normalized spacial score (nSPS) is 15.1. The zero-order chi connectivity index (χ0) is 9.97. The summed E-state index contributed by atoms with van der Waals surface area (Å²) < 4.78 is 5.09. The number of carbonyl (C=O) groups is 1. The van der Waals surface area contributed by atoms with Gasteiger partial charge < -0.3 is 9.84 Å². The van der Waals surface area contributed by atoms with Gasteiger partial charge in [-0.3, -0.25) is 4.79 Å². The van der Waals surface area contributed by atoms with Crippen LogP contribution in [0.2, 0.25) is 0 Å². The maximum Gasteiger partial charge on any atom is 0.257 e. The number of nitrogens with zero attached hydrogens (tertiary/aromatic N) is 1. The van der Waals surface area contributed by atoms with Gasteiger partial charge in [-0.2, -0.15) is 0 Å². The van der Waals surface area contributed by atoms with E-state index in [1.807, 2.05) is 0 Å². The Morgan fingerprint density at radius 2 is 2.43 bits per heavy atom. The number of hydrogen-bond donors (Lipinski definition) is 1. The Bertz CT molecular complexity index is 347. The second kappa shape index (κ2) is 3.65. The molecule has 1 aliphatic rings. The molecule has 74 valence electrons.